The fourth-order valence-corrected chi connectivity index (χ4v) is 3.44. The molecule has 0 spiro atoms. The summed E-state index contributed by atoms with van der Waals surface area (Å²) < 4.78 is 29.9. The Kier molecular flexibility index (Phi) is 4.91. The first-order valence-electron chi connectivity index (χ1n) is 7.69. The van der Waals surface area contributed by atoms with Gasteiger partial charge in [0.15, 0.2) is 17.2 Å². The average Bonchev–Trinajstić information content (AvgIpc) is 2.61. The van der Waals surface area contributed by atoms with Gasteiger partial charge in [-0.1, -0.05) is 36.4 Å². The van der Waals surface area contributed by atoms with Gasteiger partial charge in [0.25, 0.3) is 0 Å². The smallest absolute Gasteiger partial charge is 0.396 e. The molecule has 6 N–H and O–H groups in total. The zero-order valence-electron chi connectivity index (χ0n) is 13.7. The molecule has 8 heteroatoms. The minimum atomic E-state index is -4.21. The van der Waals surface area contributed by atoms with Gasteiger partial charge in [0, 0.05) is 0 Å². The number of hydrogen-bond donors (Lipinski definition) is 3. The molecule has 3 aromatic rings. The highest BCUT2D eigenvalue weighted by molar-refractivity contribution is 7.49. The first-order chi connectivity index (χ1) is 12.5. The molecule has 0 aromatic heterocycles. The fourth-order valence-electron chi connectivity index (χ4n) is 2.11. The number of rotatable bonds is 6. The second kappa shape index (κ2) is 7.29. The third-order valence-electron chi connectivity index (χ3n) is 3.39. The predicted octanol–water partition coefficient (Wildman–Crippen LogP) is 4.08. The maximum atomic E-state index is 13.3. The zero-order valence-corrected chi connectivity index (χ0v) is 14.6. The van der Waals surface area contributed by atoms with E-state index in [1.54, 1.807) is 72.8 Å². The molecule has 0 saturated heterocycles. The molecule has 0 atom stereocenters. The van der Waals surface area contributed by atoms with Crippen molar-refractivity contribution >= 4 is 24.9 Å². The van der Waals surface area contributed by atoms with Gasteiger partial charge in [0.05, 0.1) is 17.1 Å². The van der Waals surface area contributed by atoms with Crippen LogP contribution in [0.2, 0.25) is 0 Å². The van der Waals surface area contributed by atoms with Crippen molar-refractivity contribution in [3.05, 3.63) is 72.8 Å². The van der Waals surface area contributed by atoms with E-state index in [-0.39, 0.29) is 34.3 Å². The van der Waals surface area contributed by atoms with Crippen molar-refractivity contribution in [3.8, 4) is 17.2 Å². The molecular weight excluding hydrogens is 353 g/mol. The summed E-state index contributed by atoms with van der Waals surface area (Å²) in [6, 6.07) is 19.7. The molecule has 0 bridgehead atoms. The summed E-state index contributed by atoms with van der Waals surface area (Å²) in [4.78, 5) is 0. The van der Waals surface area contributed by atoms with Gasteiger partial charge in [0.1, 0.15) is 0 Å². The van der Waals surface area contributed by atoms with Crippen LogP contribution in [0.25, 0.3) is 0 Å². The number of benzene rings is 3. The first-order valence-corrected chi connectivity index (χ1v) is 9.15. The van der Waals surface area contributed by atoms with Gasteiger partial charge < -0.3 is 30.8 Å². The molecule has 0 aliphatic carbocycles. The lowest BCUT2D eigenvalue weighted by Gasteiger charge is -2.21. The Morgan fingerprint density at radius 3 is 1.08 bits per heavy atom. The molecule has 134 valence electrons. The van der Waals surface area contributed by atoms with Crippen molar-refractivity contribution in [2.24, 2.45) is 0 Å². The van der Waals surface area contributed by atoms with Crippen LogP contribution in [0.5, 0.6) is 17.2 Å². The molecule has 0 saturated carbocycles. The Morgan fingerprint density at radius 2 is 0.808 bits per heavy atom. The minimum Gasteiger partial charge on any atom is -0.396 e. The van der Waals surface area contributed by atoms with Gasteiger partial charge in [0.2, 0.25) is 0 Å². The van der Waals surface area contributed by atoms with Gasteiger partial charge >= 0.3 is 7.82 Å². The monoisotopic (exact) mass is 371 g/mol. The lowest BCUT2D eigenvalue weighted by molar-refractivity contribution is 0.300. The zero-order chi connectivity index (χ0) is 18.6. The molecule has 7 nitrogen and oxygen atoms in total. The van der Waals surface area contributed by atoms with Crippen molar-refractivity contribution in [1.82, 2.24) is 0 Å². The molecular formula is C18H18N3O4P. The standard InChI is InChI=1S/C18H18N3O4P/c19-13-7-1-4-10-16(13)23-26(22,24-17-11-5-2-8-14(17)20)25-18-12-6-3-9-15(18)21/h1-12H,19-21H2. The molecule has 0 aliphatic heterocycles. The molecule has 0 radical (unpaired) electrons. The molecule has 0 unspecified atom stereocenters. The Labute approximate surface area is 150 Å². The number of hydrogen-bond acceptors (Lipinski definition) is 7. The third-order valence-corrected chi connectivity index (χ3v) is 4.65. The van der Waals surface area contributed by atoms with Crippen molar-refractivity contribution in [3.63, 3.8) is 0 Å². The van der Waals surface area contributed by atoms with Crippen LogP contribution < -0.4 is 30.8 Å². The number of phosphoric ester groups is 1. The number of anilines is 3. The van der Waals surface area contributed by atoms with Gasteiger partial charge in [-0.15, -0.1) is 0 Å². The van der Waals surface area contributed by atoms with Crippen LogP contribution in [-0.2, 0) is 4.57 Å². The summed E-state index contributed by atoms with van der Waals surface area (Å²) in [5.74, 6) is 0.458. The van der Waals surface area contributed by atoms with E-state index in [2.05, 4.69) is 0 Å². The third kappa shape index (κ3) is 4.02. The van der Waals surface area contributed by atoms with Gasteiger partial charge in [-0.25, -0.2) is 0 Å². The highest BCUT2D eigenvalue weighted by Crippen LogP contribution is 2.52. The van der Waals surface area contributed by atoms with Crippen molar-refractivity contribution in [2.75, 3.05) is 17.2 Å². The van der Waals surface area contributed by atoms with Crippen LogP contribution in [0.15, 0.2) is 72.8 Å². The SMILES string of the molecule is Nc1ccccc1OP(=O)(Oc1ccccc1N)Oc1ccccc1N. The maximum Gasteiger partial charge on any atom is 0.647 e. The maximum absolute atomic E-state index is 13.3. The van der Waals surface area contributed by atoms with Crippen molar-refractivity contribution < 1.29 is 18.1 Å². The van der Waals surface area contributed by atoms with E-state index in [9.17, 15) is 4.57 Å². The molecule has 0 fully saturated rings. The Hall–Kier alpha value is -3.31. The molecule has 3 aromatic carbocycles. The van der Waals surface area contributed by atoms with E-state index >= 15 is 0 Å². The van der Waals surface area contributed by atoms with E-state index in [1.807, 2.05) is 0 Å². The summed E-state index contributed by atoms with van der Waals surface area (Å²) in [6.07, 6.45) is 0. The Balaban J connectivity index is 1.97. The molecule has 0 heterocycles. The highest BCUT2D eigenvalue weighted by atomic mass is 31.2. The summed E-state index contributed by atoms with van der Waals surface area (Å²) in [5, 5.41) is 0. The first kappa shape index (κ1) is 17.5. The number of nitrogen functional groups attached to an aromatic ring is 3. The normalized spacial score (nSPS) is 10.9. The quantitative estimate of drug-likeness (QED) is 0.441. The number of nitrogens with two attached hydrogens (primary N) is 3. The Morgan fingerprint density at radius 1 is 0.538 bits per heavy atom. The van der Waals surface area contributed by atoms with E-state index < -0.39 is 7.82 Å². The predicted molar refractivity (Wildman–Crippen MR) is 102 cm³/mol. The van der Waals surface area contributed by atoms with Crippen LogP contribution in [0.3, 0.4) is 0 Å². The van der Waals surface area contributed by atoms with E-state index in [1.165, 1.54) is 0 Å². The second-order valence-electron chi connectivity index (χ2n) is 5.33. The lowest BCUT2D eigenvalue weighted by atomic mass is 10.3. The minimum absolute atomic E-state index is 0.153. The van der Waals surface area contributed by atoms with Crippen LogP contribution in [0, 0.1) is 0 Å². The van der Waals surface area contributed by atoms with Crippen LogP contribution in [0.4, 0.5) is 17.1 Å². The second-order valence-corrected chi connectivity index (χ2v) is 6.78. The summed E-state index contributed by atoms with van der Waals surface area (Å²) in [7, 11) is -4.21. The van der Waals surface area contributed by atoms with Crippen LogP contribution >= 0.6 is 7.82 Å². The van der Waals surface area contributed by atoms with E-state index in [4.69, 9.17) is 30.8 Å². The lowest BCUT2D eigenvalue weighted by Crippen LogP contribution is -2.10. The van der Waals surface area contributed by atoms with Gasteiger partial charge in [-0.3, -0.25) is 0 Å². The largest absolute Gasteiger partial charge is 0.647 e. The van der Waals surface area contributed by atoms with Crippen molar-refractivity contribution in [1.29, 1.82) is 0 Å². The van der Waals surface area contributed by atoms with Gasteiger partial charge in [-0.05, 0) is 36.4 Å². The molecule has 3 rings (SSSR count). The van der Waals surface area contributed by atoms with Crippen molar-refractivity contribution in [2.45, 2.75) is 0 Å². The van der Waals surface area contributed by atoms with E-state index in [0.717, 1.165) is 0 Å². The summed E-state index contributed by atoms with van der Waals surface area (Å²) in [5.41, 5.74) is 18.4. The molecule has 0 amide bonds. The van der Waals surface area contributed by atoms with E-state index in [0.29, 0.717) is 0 Å². The highest BCUT2D eigenvalue weighted by Gasteiger charge is 2.35. The topological polar surface area (TPSA) is 123 Å². The number of phosphoric acid groups is 1. The van der Waals surface area contributed by atoms with Crippen LogP contribution in [0.1, 0.15) is 0 Å². The Bertz CT molecular complexity index is 842. The molecule has 0 aliphatic rings. The average molecular weight is 371 g/mol. The summed E-state index contributed by atoms with van der Waals surface area (Å²) in [6.45, 7) is 0. The molecule has 26 heavy (non-hydrogen) atoms. The number of para-hydroxylation sites is 6. The van der Waals surface area contributed by atoms with Crippen LogP contribution in [-0.4, -0.2) is 0 Å². The summed E-state index contributed by atoms with van der Waals surface area (Å²) >= 11 is 0. The fraction of sp³-hybridized carbons (Fsp3) is 0. The van der Waals surface area contributed by atoms with Gasteiger partial charge in [-0.2, -0.15) is 4.57 Å².